The molecule has 2 aromatic rings. The lowest BCUT2D eigenvalue weighted by atomic mass is 10.1. The second-order valence-corrected chi connectivity index (χ2v) is 8.05. The van der Waals surface area contributed by atoms with Gasteiger partial charge in [-0.25, -0.2) is 4.79 Å². The minimum Gasteiger partial charge on any atom is -0.475 e. The van der Waals surface area contributed by atoms with Crippen LogP contribution in [0, 0.1) is 5.92 Å². The van der Waals surface area contributed by atoms with Gasteiger partial charge in [0.15, 0.2) is 0 Å². The molecule has 11 heteroatoms. The van der Waals surface area contributed by atoms with Crippen LogP contribution in [0.1, 0.15) is 29.5 Å². The van der Waals surface area contributed by atoms with Crippen molar-refractivity contribution in [3.8, 4) is 0 Å². The first-order valence-corrected chi connectivity index (χ1v) is 9.97. The van der Waals surface area contributed by atoms with Gasteiger partial charge < -0.3 is 10.4 Å². The fourth-order valence-corrected chi connectivity index (χ4v) is 3.71. The number of hydrogen-bond donors (Lipinski definition) is 2. The highest BCUT2D eigenvalue weighted by Crippen LogP contribution is 2.32. The van der Waals surface area contributed by atoms with Crippen molar-refractivity contribution >= 4 is 23.2 Å². The Kier molecular flexibility index (Phi) is 6.58. The standard InChI is InChI=1S/C16H20N4OS.C2HF3O2/c21-16(17-8-14-2-1-7-22-14)15-11-19(9-12-3-4-12)10-13-5-6-18-20(13)15;3-2(4,5)1(6)7/h1-2,5-7,12,15H,3-4,8-11H2,(H,17,21);(H,6,7). The molecule has 2 N–H and O–H groups in total. The second-order valence-electron chi connectivity index (χ2n) is 7.02. The summed E-state index contributed by atoms with van der Waals surface area (Å²) in [6.45, 7) is 3.39. The van der Waals surface area contributed by atoms with E-state index in [1.165, 1.54) is 17.7 Å². The Morgan fingerprint density at radius 1 is 1.31 bits per heavy atom. The molecule has 0 spiro atoms. The van der Waals surface area contributed by atoms with Crippen molar-refractivity contribution in [2.24, 2.45) is 5.92 Å². The smallest absolute Gasteiger partial charge is 0.475 e. The summed E-state index contributed by atoms with van der Waals surface area (Å²) in [7, 11) is 0. The van der Waals surface area contributed by atoms with Gasteiger partial charge >= 0.3 is 12.1 Å². The molecule has 0 aromatic carbocycles. The number of rotatable bonds is 5. The molecule has 4 rings (SSSR count). The van der Waals surface area contributed by atoms with Gasteiger partial charge in [0.1, 0.15) is 6.04 Å². The molecule has 0 radical (unpaired) electrons. The highest BCUT2D eigenvalue weighted by atomic mass is 32.1. The van der Waals surface area contributed by atoms with E-state index < -0.39 is 12.1 Å². The van der Waals surface area contributed by atoms with Crippen molar-refractivity contribution in [2.75, 3.05) is 13.1 Å². The van der Waals surface area contributed by atoms with Gasteiger partial charge in [0, 0.05) is 30.7 Å². The topological polar surface area (TPSA) is 87.5 Å². The predicted octanol–water partition coefficient (Wildman–Crippen LogP) is 2.66. The van der Waals surface area contributed by atoms with E-state index in [9.17, 15) is 18.0 Å². The van der Waals surface area contributed by atoms with E-state index in [1.54, 1.807) is 17.5 Å². The Morgan fingerprint density at radius 2 is 2.03 bits per heavy atom. The largest absolute Gasteiger partial charge is 0.490 e. The molecule has 3 heterocycles. The number of halogens is 3. The molecular weight excluding hydrogens is 409 g/mol. The lowest BCUT2D eigenvalue weighted by Crippen LogP contribution is -2.45. The van der Waals surface area contributed by atoms with Crippen molar-refractivity contribution < 1.29 is 27.9 Å². The zero-order chi connectivity index (χ0) is 21.0. The van der Waals surface area contributed by atoms with E-state index in [2.05, 4.69) is 15.3 Å². The number of alkyl halides is 3. The lowest BCUT2D eigenvalue weighted by molar-refractivity contribution is -0.192. The first-order chi connectivity index (χ1) is 13.7. The zero-order valence-electron chi connectivity index (χ0n) is 15.4. The summed E-state index contributed by atoms with van der Waals surface area (Å²) >= 11 is 1.67. The Morgan fingerprint density at radius 3 is 2.62 bits per heavy atom. The highest BCUT2D eigenvalue weighted by molar-refractivity contribution is 7.09. The summed E-state index contributed by atoms with van der Waals surface area (Å²) in [4.78, 5) is 25.1. The zero-order valence-corrected chi connectivity index (χ0v) is 16.2. The maximum Gasteiger partial charge on any atom is 0.490 e. The molecule has 1 fully saturated rings. The molecule has 7 nitrogen and oxygen atoms in total. The number of hydrogen-bond acceptors (Lipinski definition) is 5. The Labute approximate surface area is 169 Å². The molecule has 0 saturated heterocycles. The van der Waals surface area contributed by atoms with Crippen molar-refractivity contribution in [2.45, 2.75) is 38.1 Å². The Hall–Kier alpha value is -2.40. The summed E-state index contributed by atoms with van der Waals surface area (Å²) in [5.41, 5.74) is 1.14. The fourth-order valence-electron chi connectivity index (χ4n) is 3.07. The monoisotopic (exact) mass is 430 g/mol. The summed E-state index contributed by atoms with van der Waals surface area (Å²) < 4.78 is 33.6. The van der Waals surface area contributed by atoms with Gasteiger partial charge in [0.25, 0.3) is 0 Å². The van der Waals surface area contributed by atoms with Gasteiger partial charge in [-0.3, -0.25) is 14.4 Å². The number of carbonyl (C=O) groups excluding carboxylic acids is 1. The van der Waals surface area contributed by atoms with Crippen LogP contribution in [0.5, 0.6) is 0 Å². The summed E-state index contributed by atoms with van der Waals surface area (Å²) in [6, 6.07) is 5.87. The lowest BCUT2D eigenvalue weighted by Gasteiger charge is -2.33. The first kappa shape index (κ1) is 21.3. The van der Waals surface area contributed by atoms with E-state index in [1.807, 2.05) is 28.3 Å². The number of nitrogens with zero attached hydrogens (tertiary/aromatic N) is 3. The summed E-state index contributed by atoms with van der Waals surface area (Å²) in [5, 5.41) is 16.6. The van der Waals surface area contributed by atoms with E-state index in [0.29, 0.717) is 6.54 Å². The third-order valence-corrected chi connectivity index (χ3v) is 5.52. The summed E-state index contributed by atoms with van der Waals surface area (Å²) in [6.07, 6.45) is -0.606. The van der Waals surface area contributed by atoms with Crippen LogP contribution in [0.3, 0.4) is 0 Å². The molecule has 1 saturated carbocycles. The number of carboxylic acids is 1. The molecule has 1 atom stereocenters. The van der Waals surface area contributed by atoms with Crippen LogP contribution in [0.25, 0.3) is 0 Å². The molecule has 1 aliphatic carbocycles. The molecule has 2 aromatic heterocycles. The molecule has 158 valence electrons. The Bertz CT molecular complexity index is 834. The van der Waals surface area contributed by atoms with Crippen molar-refractivity contribution in [3.05, 3.63) is 40.3 Å². The van der Waals surface area contributed by atoms with E-state index in [4.69, 9.17) is 9.90 Å². The normalized spacial score (nSPS) is 19.1. The number of aromatic nitrogens is 2. The third kappa shape index (κ3) is 6.04. The van der Waals surface area contributed by atoms with E-state index in [-0.39, 0.29) is 11.9 Å². The van der Waals surface area contributed by atoms with Gasteiger partial charge in [-0.1, -0.05) is 6.07 Å². The van der Waals surface area contributed by atoms with Crippen LogP contribution in [0.15, 0.2) is 29.8 Å². The molecular formula is C18H21F3N4O3S. The van der Waals surface area contributed by atoms with Gasteiger partial charge in [0.05, 0.1) is 12.2 Å². The minimum atomic E-state index is -5.08. The van der Waals surface area contributed by atoms with Gasteiger partial charge in [-0.2, -0.15) is 18.3 Å². The van der Waals surface area contributed by atoms with Crippen molar-refractivity contribution in [3.63, 3.8) is 0 Å². The van der Waals surface area contributed by atoms with Gasteiger partial charge in [-0.05, 0) is 36.3 Å². The molecule has 0 bridgehead atoms. The van der Waals surface area contributed by atoms with Crippen LogP contribution < -0.4 is 5.32 Å². The molecule has 2 aliphatic rings. The average Bonchev–Trinajstić information content (AvgIpc) is 3.12. The van der Waals surface area contributed by atoms with Crippen LogP contribution in [-0.4, -0.2) is 50.9 Å². The predicted molar refractivity (Wildman–Crippen MR) is 99.1 cm³/mol. The summed E-state index contributed by atoms with van der Waals surface area (Å²) in [5.74, 6) is -1.85. The third-order valence-electron chi connectivity index (χ3n) is 4.64. The Balaban J connectivity index is 0.000000298. The maximum absolute atomic E-state index is 12.6. The number of fused-ring (bicyclic) bond motifs is 1. The number of aliphatic carboxylic acids is 1. The fraction of sp³-hybridized carbons (Fsp3) is 0.500. The van der Waals surface area contributed by atoms with E-state index in [0.717, 1.165) is 31.2 Å². The quantitative estimate of drug-likeness (QED) is 0.762. The molecule has 1 aliphatic heterocycles. The van der Waals surface area contributed by atoms with Gasteiger partial charge in [-0.15, -0.1) is 11.3 Å². The number of carboxylic acid groups (broad SMARTS) is 1. The number of amides is 1. The van der Waals surface area contributed by atoms with Crippen LogP contribution in [0.4, 0.5) is 13.2 Å². The van der Waals surface area contributed by atoms with Crippen LogP contribution >= 0.6 is 11.3 Å². The number of thiophene rings is 1. The highest BCUT2D eigenvalue weighted by Gasteiger charge is 2.38. The number of carbonyl (C=O) groups is 2. The van der Waals surface area contributed by atoms with Crippen molar-refractivity contribution in [1.29, 1.82) is 0 Å². The maximum atomic E-state index is 12.6. The SMILES string of the molecule is O=C(NCc1cccs1)C1CN(CC2CC2)Cc2ccnn21.O=C(O)C(F)(F)F. The first-order valence-electron chi connectivity index (χ1n) is 9.09. The molecule has 29 heavy (non-hydrogen) atoms. The van der Waals surface area contributed by atoms with Gasteiger partial charge in [0.2, 0.25) is 5.91 Å². The molecule has 1 amide bonds. The van der Waals surface area contributed by atoms with E-state index >= 15 is 0 Å². The van der Waals surface area contributed by atoms with Crippen molar-refractivity contribution in [1.82, 2.24) is 20.0 Å². The second kappa shape index (κ2) is 8.95. The van der Waals surface area contributed by atoms with Crippen LogP contribution in [-0.2, 0) is 22.7 Å². The average molecular weight is 430 g/mol. The molecule has 1 unspecified atom stereocenters. The minimum absolute atomic E-state index is 0.0684. The number of nitrogens with one attached hydrogen (secondary N) is 1. The van der Waals surface area contributed by atoms with Crippen LogP contribution in [0.2, 0.25) is 0 Å².